The predicted molar refractivity (Wildman–Crippen MR) is 147 cm³/mol. The van der Waals surface area contributed by atoms with Gasteiger partial charge in [-0.3, -0.25) is 19.3 Å². The van der Waals surface area contributed by atoms with Gasteiger partial charge in [0.1, 0.15) is 5.54 Å². The summed E-state index contributed by atoms with van der Waals surface area (Å²) in [6, 6.07) is 19.6. The number of hydrogen-bond acceptors (Lipinski definition) is 4. The summed E-state index contributed by atoms with van der Waals surface area (Å²) < 4.78 is 0. The molecule has 5 amide bonds. The Morgan fingerprint density at radius 1 is 0.846 bits per heavy atom. The number of imide groups is 2. The van der Waals surface area contributed by atoms with Crippen LogP contribution >= 0.6 is 23.2 Å². The molecule has 0 saturated carbocycles. The molecular formula is C30H25Cl2N3O4. The smallest absolute Gasteiger partial charge is 0.300 e. The molecule has 3 aliphatic rings. The summed E-state index contributed by atoms with van der Waals surface area (Å²) in [6.07, 6.45) is 0.0475. The van der Waals surface area contributed by atoms with Crippen molar-refractivity contribution in [2.45, 2.75) is 31.8 Å². The first-order chi connectivity index (χ1) is 18.7. The van der Waals surface area contributed by atoms with Crippen molar-refractivity contribution in [3.63, 3.8) is 0 Å². The molecule has 3 aromatic carbocycles. The van der Waals surface area contributed by atoms with Gasteiger partial charge < -0.3 is 4.90 Å². The number of likely N-dealkylation sites (tertiary alicyclic amines) is 1. The normalized spacial score (nSPS) is 26.1. The summed E-state index contributed by atoms with van der Waals surface area (Å²) in [7, 11) is 0. The van der Waals surface area contributed by atoms with Crippen molar-refractivity contribution >= 4 is 52.6 Å². The topological polar surface area (TPSA) is 78.0 Å². The van der Waals surface area contributed by atoms with E-state index < -0.39 is 41.3 Å². The number of aryl methyl sites for hydroxylation is 1. The Bertz CT molecular complexity index is 1520. The van der Waals surface area contributed by atoms with Gasteiger partial charge in [-0.1, -0.05) is 71.2 Å². The number of nitrogens with zero attached hydrogens (tertiary/aromatic N) is 3. The minimum atomic E-state index is -1.62. The van der Waals surface area contributed by atoms with Crippen LogP contribution in [0.25, 0.3) is 0 Å². The Hall–Kier alpha value is -3.68. The van der Waals surface area contributed by atoms with E-state index in [9.17, 15) is 19.2 Å². The van der Waals surface area contributed by atoms with Crippen LogP contribution < -0.4 is 4.90 Å². The van der Waals surface area contributed by atoms with Gasteiger partial charge in [-0.05, 0) is 55.3 Å². The molecule has 0 N–H and O–H groups in total. The van der Waals surface area contributed by atoms with Crippen molar-refractivity contribution in [3.05, 3.63) is 99.5 Å². The molecule has 0 radical (unpaired) electrons. The lowest BCUT2D eigenvalue weighted by Crippen LogP contribution is -2.55. The van der Waals surface area contributed by atoms with Crippen molar-refractivity contribution in [3.8, 4) is 0 Å². The van der Waals surface area contributed by atoms with Gasteiger partial charge in [0.25, 0.3) is 5.91 Å². The number of urea groups is 1. The Morgan fingerprint density at radius 3 is 2.18 bits per heavy atom. The van der Waals surface area contributed by atoms with E-state index in [1.165, 1.54) is 9.80 Å². The van der Waals surface area contributed by atoms with E-state index in [2.05, 4.69) is 0 Å². The minimum absolute atomic E-state index is 0.0475. The second kappa shape index (κ2) is 9.21. The zero-order chi connectivity index (χ0) is 27.6. The maximum Gasteiger partial charge on any atom is 0.332 e. The van der Waals surface area contributed by atoms with Gasteiger partial charge >= 0.3 is 6.03 Å². The maximum absolute atomic E-state index is 14.6. The van der Waals surface area contributed by atoms with Crippen molar-refractivity contribution in [1.29, 1.82) is 0 Å². The van der Waals surface area contributed by atoms with Crippen LogP contribution in [0.2, 0.25) is 10.0 Å². The number of halogens is 2. The molecule has 3 aromatic rings. The summed E-state index contributed by atoms with van der Waals surface area (Å²) in [5, 5.41) is 0.887. The third-order valence-electron chi connectivity index (χ3n) is 8.16. The summed E-state index contributed by atoms with van der Waals surface area (Å²) in [4.78, 5) is 60.5. The quantitative estimate of drug-likeness (QED) is 0.307. The average molecular weight is 562 g/mol. The second-order valence-corrected chi connectivity index (χ2v) is 11.2. The number of benzene rings is 3. The third kappa shape index (κ3) is 3.63. The zero-order valence-electron chi connectivity index (χ0n) is 21.3. The van der Waals surface area contributed by atoms with Crippen LogP contribution in [0.15, 0.2) is 72.8 Å². The van der Waals surface area contributed by atoms with E-state index in [1.54, 1.807) is 55.5 Å². The largest absolute Gasteiger partial charge is 0.332 e. The molecule has 39 heavy (non-hydrogen) atoms. The first-order valence-electron chi connectivity index (χ1n) is 12.8. The van der Waals surface area contributed by atoms with Crippen LogP contribution in [0.1, 0.15) is 29.7 Å². The van der Waals surface area contributed by atoms with Crippen LogP contribution in [0.3, 0.4) is 0 Å². The van der Waals surface area contributed by atoms with Gasteiger partial charge in [0.15, 0.2) is 0 Å². The highest BCUT2D eigenvalue weighted by atomic mass is 35.5. The monoisotopic (exact) mass is 561 g/mol. The van der Waals surface area contributed by atoms with Gasteiger partial charge in [-0.25, -0.2) is 9.69 Å². The van der Waals surface area contributed by atoms with Crippen molar-refractivity contribution < 1.29 is 19.2 Å². The van der Waals surface area contributed by atoms with Gasteiger partial charge in [0.05, 0.1) is 23.6 Å². The molecule has 4 atom stereocenters. The summed E-state index contributed by atoms with van der Waals surface area (Å²) in [5.41, 5.74) is 1.11. The third-order valence-corrected chi connectivity index (χ3v) is 8.65. The fourth-order valence-corrected chi connectivity index (χ4v) is 6.81. The Labute approximate surface area is 235 Å². The molecular weight excluding hydrogens is 537 g/mol. The number of carbonyl (C=O) groups is 4. The lowest BCUT2D eigenvalue weighted by atomic mass is 9.75. The SMILES string of the molecule is CCN1C(=O)[C@H]2[C@@H](c3ccc(C)cc3)N3C(=O)N(c4cccc(Cl)c4)C(=O)[C@@]3(Cc3ccc(Cl)cc3)[C@H]2C1=O. The molecule has 3 aliphatic heterocycles. The van der Waals surface area contributed by atoms with E-state index in [0.29, 0.717) is 21.3 Å². The molecule has 9 heteroatoms. The van der Waals surface area contributed by atoms with Gasteiger partial charge in [0.2, 0.25) is 11.8 Å². The number of fused-ring (bicyclic) bond motifs is 3. The van der Waals surface area contributed by atoms with E-state index in [0.717, 1.165) is 16.0 Å². The van der Waals surface area contributed by atoms with Gasteiger partial charge in [-0.15, -0.1) is 0 Å². The van der Waals surface area contributed by atoms with E-state index in [1.807, 2.05) is 31.2 Å². The Balaban J connectivity index is 1.61. The van der Waals surface area contributed by atoms with Crippen LogP contribution in [0.4, 0.5) is 10.5 Å². The lowest BCUT2D eigenvalue weighted by Gasteiger charge is -2.35. The van der Waals surface area contributed by atoms with Gasteiger partial charge in [0, 0.05) is 23.0 Å². The van der Waals surface area contributed by atoms with Gasteiger partial charge in [-0.2, -0.15) is 0 Å². The standard InChI is InChI=1S/C30H25Cl2N3O4/c1-3-33-26(36)23-24(27(33)37)30(16-18-9-13-20(31)14-10-18)28(38)34(22-6-4-5-21(32)15-22)29(39)35(30)25(23)19-11-7-17(2)8-12-19/h4-15,23-25H,3,16H2,1-2H3/t23-,24-,25-,30-/m1/s1. The van der Waals surface area contributed by atoms with Crippen LogP contribution in [-0.4, -0.2) is 45.6 Å². The molecule has 7 nitrogen and oxygen atoms in total. The summed E-state index contributed by atoms with van der Waals surface area (Å²) in [5.74, 6) is -3.28. The van der Waals surface area contributed by atoms with E-state index in [-0.39, 0.29) is 18.9 Å². The predicted octanol–water partition coefficient (Wildman–Crippen LogP) is 5.43. The molecule has 0 bridgehead atoms. The van der Waals surface area contributed by atoms with Crippen LogP contribution in [0.5, 0.6) is 0 Å². The van der Waals surface area contributed by atoms with Crippen molar-refractivity contribution in [2.24, 2.45) is 11.8 Å². The zero-order valence-corrected chi connectivity index (χ0v) is 22.8. The van der Waals surface area contributed by atoms with Crippen molar-refractivity contribution in [1.82, 2.24) is 9.80 Å². The first kappa shape index (κ1) is 25.6. The number of anilines is 1. The molecule has 0 unspecified atom stereocenters. The van der Waals surface area contributed by atoms with Crippen molar-refractivity contribution in [2.75, 3.05) is 11.4 Å². The number of carbonyl (C=O) groups excluding carboxylic acids is 4. The summed E-state index contributed by atoms with van der Waals surface area (Å²) in [6.45, 7) is 3.87. The molecule has 0 spiro atoms. The van der Waals surface area contributed by atoms with Crippen LogP contribution in [0, 0.1) is 18.8 Å². The molecule has 0 aliphatic carbocycles. The second-order valence-electron chi connectivity index (χ2n) is 10.3. The average Bonchev–Trinajstić information content (AvgIpc) is 3.43. The Morgan fingerprint density at radius 2 is 1.54 bits per heavy atom. The molecule has 3 fully saturated rings. The molecule has 0 aromatic heterocycles. The minimum Gasteiger partial charge on any atom is -0.300 e. The fraction of sp³-hybridized carbons (Fsp3) is 0.267. The highest BCUT2D eigenvalue weighted by Crippen LogP contribution is 2.59. The lowest BCUT2D eigenvalue weighted by molar-refractivity contribution is -0.144. The molecule has 6 rings (SSSR count). The highest BCUT2D eigenvalue weighted by molar-refractivity contribution is 6.32. The highest BCUT2D eigenvalue weighted by Gasteiger charge is 2.77. The fourth-order valence-electron chi connectivity index (χ4n) is 6.50. The Kier molecular flexibility index (Phi) is 6.04. The first-order valence-corrected chi connectivity index (χ1v) is 13.5. The van der Waals surface area contributed by atoms with Crippen LogP contribution in [-0.2, 0) is 20.8 Å². The maximum atomic E-state index is 14.6. The summed E-state index contributed by atoms with van der Waals surface area (Å²) >= 11 is 12.4. The number of amides is 5. The molecule has 3 heterocycles. The molecule has 198 valence electrons. The number of rotatable bonds is 5. The van der Waals surface area contributed by atoms with E-state index in [4.69, 9.17) is 23.2 Å². The molecule has 3 saturated heterocycles. The number of hydrogen-bond donors (Lipinski definition) is 0. The van der Waals surface area contributed by atoms with E-state index >= 15 is 0 Å².